The lowest BCUT2D eigenvalue weighted by Crippen LogP contribution is -2.13. The van der Waals surface area contributed by atoms with Crippen LogP contribution in [0.5, 0.6) is 0 Å². The molecule has 0 unspecified atom stereocenters. The van der Waals surface area contributed by atoms with E-state index in [0.29, 0.717) is 5.95 Å². The Kier molecular flexibility index (Phi) is 2.26. The molecule has 0 aromatic carbocycles. The minimum absolute atomic E-state index is 0.188. The topological polar surface area (TPSA) is 64.7 Å². The van der Waals surface area contributed by atoms with Crippen molar-refractivity contribution in [1.29, 1.82) is 0 Å². The molecule has 0 aliphatic rings. The fourth-order valence-corrected chi connectivity index (χ4v) is 0.904. The van der Waals surface area contributed by atoms with Gasteiger partial charge in [-0.05, 0) is 5.41 Å². The highest BCUT2D eigenvalue weighted by atomic mass is 15.1. The maximum absolute atomic E-state index is 5.42. The van der Waals surface area contributed by atoms with Gasteiger partial charge in [-0.1, -0.05) is 20.8 Å². The van der Waals surface area contributed by atoms with E-state index in [1.165, 1.54) is 6.33 Å². The first-order chi connectivity index (χ1) is 5.47. The SMILES string of the molecule is CC(C)(C)Cc1ncnc(N)n1. The molecule has 0 atom stereocenters. The molecule has 0 saturated heterocycles. The third kappa shape index (κ3) is 2.82. The zero-order valence-electron chi connectivity index (χ0n) is 7.70. The van der Waals surface area contributed by atoms with Gasteiger partial charge in [0.15, 0.2) is 0 Å². The third-order valence-electron chi connectivity index (χ3n) is 1.33. The molecule has 1 aromatic rings. The molecule has 0 saturated carbocycles. The van der Waals surface area contributed by atoms with Crippen molar-refractivity contribution in [2.24, 2.45) is 5.41 Å². The van der Waals surface area contributed by atoms with Crippen LogP contribution in [-0.4, -0.2) is 15.0 Å². The van der Waals surface area contributed by atoms with Crippen LogP contribution < -0.4 is 5.73 Å². The molecule has 2 N–H and O–H groups in total. The minimum atomic E-state index is 0.188. The van der Waals surface area contributed by atoms with E-state index in [1.54, 1.807) is 0 Å². The summed E-state index contributed by atoms with van der Waals surface area (Å²) in [6, 6.07) is 0. The van der Waals surface area contributed by atoms with Crippen LogP contribution in [0.2, 0.25) is 0 Å². The molecular formula is C8H14N4. The molecule has 12 heavy (non-hydrogen) atoms. The summed E-state index contributed by atoms with van der Waals surface area (Å²) in [5, 5.41) is 0. The van der Waals surface area contributed by atoms with E-state index in [1.807, 2.05) is 0 Å². The van der Waals surface area contributed by atoms with Crippen molar-refractivity contribution in [1.82, 2.24) is 15.0 Å². The maximum Gasteiger partial charge on any atom is 0.223 e. The lowest BCUT2D eigenvalue weighted by atomic mass is 9.92. The average molecular weight is 166 g/mol. The first kappa shape index (κ1) is 8.90. The molecular weight excluding hydrogens is 152 g/mol. The van der Waals surface area contributed by atoms with Crippen molar-refractivity contribution in [3.63, 3.8) is 0 Å². The second-order valence-electron chi connectivity index (χ2n) is 4.00. The first-order valence-corrected chi connectivity index (χ1v) is 3.91. The molecule has 1 aromatic heterocycles. The van der Waals surface area contributed by atoms with E-state index < -0.39 is 0 Å². The van der Waals surface area contributed by atoms with Crippen molar-refractivity contribution in [2.75, 3.05) is 5.73 Å². The molecule has 66 valence electrons. The molecule has 4 heteroatoms. The van der Waals surface area contributed by atoms with E-state index in [2.05, 4.69) is 35.7 Å². The van der Waals surface area contributed by atoms with Crippen LogP contribution in [0.3, 0.4) is 0 Å². The van der Waals surface area contributed by atoms with Gasteiger partial charge in [-0.25, -0.2) is 9.97 Å². The molecule has 0 bridgehead atoms. The number of rotatable bonds is 1. The minimum Gasteiger partial charge on any atom is -0.368 e. The van der Waals surface area contributed by atoms with E-state index in [9.17, 15) is 0 Å². The normalized spacial score (nSPS) is 11.6. The van der Waals surface area contributed by atoms with E-state index in [4.69, 9.17) is 5.73 Å². The molecule has 0 radical (unpaired) electrons. The van der Waals surface area contributed by atoms with Crippen molar-refractivity contribution < 1.29 is 0 Å². The summed E-state index contributed by atoms with van der Waals surface area (Å²) < 4.78 is 0. The molecule has 0 spiro atoms. The number of nitrogens with two attached hydrogens (primary N) is 1. The molecule has 1 rings (SSSR count). The molecule has 0 aliphatic heterocycles. The molecule has 0 fully saturated rings. The summed E-state index contributed by atoms with van der Waals surface area (Å²) in [5.41, 5.74) is 5.60. The second kappa shape index (κ2) is 3.05. The fourth-order valence-electron chi connectivity index (χ4n) is 0.904. The summed E-state index contributed by atoms with van der Waals surface area (Å²) in [5.74, 6) is 1.05. The van der Waals surface area contributed by atoms with Gasteiger partial charge >= 0.3 is 0 Å². The Balaban J connectivity index is 2.77. The highest BCUT2D eigenvalue weighted by molar-refractivity contribution is 5.12. The average Bonchev–Trinajstić information content (AvgIpc) is 1.82. The first-order valence-electron chi connectivity index (χ1n) is 3.91. The Morgan fingerprint density at radius 1 is 1.33 bits per heavy atom. The van der Waals surface area contributed by atoms with Crippen LogP contribution in [-0.2, 0) is 6.42 Å². The van der Waals surface area contributed by atoms with Gasteiger partial charge in [0.05, 0.1) is 0 Å². The van der Waals surface area contributed by atoms with Crippen LogP contribution >= 0.6 is 0 Å². The lowest BCUT2D eigenvalue weighted by molar-refractivity contribution is 0.400. The van der Waals surface area contributed by atoms with Crippen molar-refractivity contribution >= 4 is 5.95 Å². The van der Waals surface area contributed by atoms with Gasteiger partial charge in [0.1, 0.15) is 12.2 Å². The van der Waals surface area contributed by atoms with Crippen LogP contribution in [0.15, 0.2) is 6.33 Å². The lowest BCUT2D eigenvalue weighted by Gasteiger charge is -2.15. The maximum atomic E-state index is 5.42. The summed E-state index contributed by atoms with van der Waals surface area (Å²) in [7, 11) is 0. The van der Waals surface area contributed by atoms with Gasteiger partial charge in [-0.15, -0.1) is 0 Å². The predicted molar refractivity (Wildman–Crippen MR) is 47.4 cm³/mol. The van der Waals surface area contributed by atoms with E-state index in [0.717, 1.165) is 12.2 Å². The van der Waals surface area contributed by atoms with Crippen LogP contribution in [0.1, 0.15) is 26.6 Å². The summed E-state index contributed by atoms with van der Waals surface area (Å²) in [6.07, 6.45) is 2.27. The van der Waals surface area contributed by atoms with Crippen LogP contribution in [0.4, 0.5) is 5.95 Å². The zero-order chi connectivity index (χ0) is 9.19. The van der Waals surface area contributed by atoms with Gasteiger partial charge in [0.25, 0.3) is 0 Å². The third-order valence-corrected chi connectivity index (χ3v) is 1.33. The van der Waals surface area contributed by atoms with E-state index >= 15 is 0 Å². The quantitative estimate of drug-likeness (QED) is 0.677. The number of hydrogen-bond acceptors (Lipinski definition) is 4. The Bertz CT molecular complexity index is 264. The monoisotopic (exact) mass is 166 g/mol. The number of anilines is 1. The van der Waals surface area contributed by atoms with Crippen molar-refractivity contribution in [3.05, 3.63) is 12.2 Å². The van der Waals surface area contributed by atoms with Crippen LogP contribution in [0, 0.1) is 5.41 Å². The summed E-state index contributed by atoms with van der Waals surface area (Å²) in [4.78, 5) is 11.8. The Morgan fingerprint density at radius 3 is 2.50 bits per heavy atom. The molecule has 0 aliphatic carbocycles. The van der Waals surface area contributed by atoms with Crippen LogP contribution in [0.25, 0.3) is 0 Å². The summed E-state index contributed by atoms with van der Waals surface area (Å²) >= 11 is 0. The predicted octanol–water partition coefficient (Wildman–Crippen LogP) is 1.04. The standard InChI is InChI=1S/C8H14N4/c1-8(2,3)4-6-10-5-11-7(9)12-6/h5H,4H2,1-3H3,(H2,9,10,11,12). The molecule has 0 amide bonds. The zero-order valence-corrected chi connectivity index (χ0v) is 7.70. The number of nitrogens with zero attached hydrogens (tertiary/aromatic N) is 3. The number of aromatic nitrogens is 3. The highest BCUT2D eigenvalue weighted by Crippen LogP contribution is 2.17. The Hall–Kier alpha value is -1.19. The van der Waals surface area contributed by atoms with Gasteiger partial charge < -0.3 is 5.73 Å². The highest BCUT2D eigenvalue weighted by Gasteiger charge is 2.13. The molecule has 1 heterocycles. The smallest absolute Gasteiger partial charge is 0.223 e. The molecule has 4 nitrogen and oxygen atoms in total. The summed E-state index contributed by atoms with van der Waals surface area (Å²) in [6.45, 7) is 6.40. The van der Waals surface area contributed by atoms with Crippen molar-refractivity contribution in [2.45, 2.75) is 27.2 Å². The second-order valence-corrected chi connectivity index (χ2v) is 4.00. The van der Waals surface area contributed by atoms with Gasteiger partial charge in [0, 0.05) is 6.42 Å². The van der Waals surface area contributed by atoms with Gasteiger partial charge in [0.2, 0.25) is 5.95 Å². The largest absolute Gasteiger partial charge is 0.368 e. The van der Waals surface area contributed by atoms with Gasteiger partial charge in [-0.2, -0.15) is 4.98 Å². The number of hydrogen-bond donors (Lipinski definition) is 1. The number of nitrogen functional groups attached to an aromatic ring is 1. The van der Waals surface area contributed by atoms with Gasteiger partial charge in [-0.3, -0.25) is 0 Å². The Labute approximate surface area is 72.3 Å². The fraction of sp³-hybridized carbons (Fsp3) is 0.625. The van der Waals surface area contributed by atoms with Crippen molar-refractivity contribution in [3.8, 4) is 0 Å². The van der Waals surface area contributed by atoms with E-state index in [-0.39, 0.29) is 5.41 Å². The Morgan fingerprint density at radius 2 is 2.00 bits per heavy atom.